The number of hydrogen-bond acceptors (Lipinski definition) is 8. The lowest BCUT2D eigenvalue weighted by atomic mass is 10.2. The summed E-state index contributed by atoms with van der Waals surface area (Å²) in [7, 11) is 6.43. The number of benzene rings is 1. The number of hydrogen-bond donors (Lipinski definition) is 2. The maximum Gasteiger partial charge on any atom is 0.433 e. The Labute approximate surface area is 172 Å². The molecule has 0 atom stereocenters. The van der Waals surface area contributed by atoms with Gasteiger partial charge in [-0.3, -0.25) is 0 Å². The fourth-order valence-electron chi connectivity index (χ4n) is 2.52. The van der Waals surface area contributed by atoms with Gasteiger partial charge in [0.25, 0.3) is 0 Å². The van der Waals surface area contributed by atoms with Gasteiger partial charge >= 0.3 is 12.1 Å². The summed E-state index contributed by atoms with van der Waals surface area (Å²) >= 11 is 0. The fourth-order valence-corrected chi connectivity index (χ4v) is 2.52. The first-order chi connectivity index (χ1) is 14.1. The van der Waals surface area contributed by atoms with E-state index in [2.05, 4.69) is 25.3 Å². The van der Waals surface area contributed by atoms with Crippen molar-refractivity contribution >= 4 is 23.4 Å². The Morgan fingerprint density at radius 2 is 1.90 bits per heavy atom. The van der Waals surface area contributed by atoms with E-state index < -0.39 is 17.8 Å². The number of nitrogens with one attached hydrogen (secondary N) is 2. The van der Waals surface area contributed by atoms with Crippen molar-refractivity contribution in [3.8, 4) is 5.75 Å². The molecule has 0 saturated heterocycles. The number of alkyl halides is 3. The van der Waals surface area contributed by atoms with Gasteiger partial charge in [-0.15, -0.1) is 0 Å². The summed E-state index contributed by atoms with van der Waals surface area (Å²) in [4.78, 5) is 21.4. The van der Waals surface area contributed by atoms with Crippen LogP contribution in [0, 0.1) is 0 Å². The van der Waals surface area contributed by atoms with Gasteiger partial charge in [-0.1, -0.05) is 0 Å². The van der Waals surface area contributed by atoms with Gasteiger partial charge in [0.2, 0.25) is 5.95 Å². The molecule has 0 spiro atoms. The predicted molar refractivity (Wildman–Crippen MR) is 106 cm³/mol. The van der Waals surface area contributed by atoms with Crippen LogP contribution in [0.4, 0.5) is 30.6 Å². The minimum atomic E-state index is -4.66. The van der Waals surface area contributed by atoms with E-state index >= 15 is 0 Å². The van der Waals surface area contributed by atoms with Crippen molar-refractivity contribution in [1.82, 2.24) is 14.9 Å². The van der Waals surface area contributed by atoms with Gasteiger partial charge < -0.3 is 25.0 Å². The van der Waals surface area contributed by atoms with E-state index in [0.717, 1.165) is 12.6 Å². The van der Waals surface area contributed by atoms with Crippen molar-refractivity contribution in [3.05, 3.63) is 35.5 Å². The summed E-state index contributed by atoms with van der Waals surface area (Å²) in [6.45, 7) is 1.16. The van der Waals surface area contributed by atoms with Gasteiger partial charge in [0, 0.05) is 12.6 Å². The molecule has 0 saturated carbocycles. The zero-order valence-electron chi connectivity index (χ0n) is 17.1. The second-order valence-electron chi connectivity index (χ2n) is 6.58. The average Bonchev–Trinajstić information content (AvgIpc) is 2.69. The third-order valence-electron chi connectivity index (χ3n) is 3.97. The molecular weight excluding hydrogens is 403 g/mol. The smallest absolute Gasteiger partial charge is 0.433 e. The van der Waals surface area contributed by atoms with Gasteiger partial charge in [-0.2, -0.15) is 18.2 Å². The van der Waals surface area contributed by atoms with Crippen molar-refractivity contribution in [1.29, 1.82) is 0 Å². The van der Waals surface area contributed by atoms with Crippen molar-refractivity contribution in [2.45, 2.75) is 12.6 Å². The molecule has 11 heteroatoms. The number of rotatable bonds is 9. The van der Waals surface area contributed by atoms with Crippen LogP contribution >= 0.6 is 0 Å². The van der Waals surface area contributed by atoms with Crippen LogP contribution in [0.5, 0.6) is 5.75 Å². The van der Waals surface area contributed by atoms with E-state index in [-0.39, 0.29) is 23.0 Å². The fraction of sp³-hybridized carbons (Fsp3) is 0.421. The molecule has 1 aromatic carbocycles. The molecule has 0 fully saturated rings. The first-order valence-corrected chi connectivity index (χ1v) is 9.02. The van der Waals surface area contributed by atoms with Crippen LogP contribution in [-0.2, 0) is 10.9 Å². The van der Waals surface area contributed by atoms with E-state index in [1.165, 1.54) is 32.4 Å². The quantitative estimate of drug-likeness (QED) is 0.465. The summed E-state index contributed by atoms with van der Waals surface area (Å²) in [6, 6.07) is 5.18. The number of nitrogens with zero attached hydrogens (tertiary/aromatic N) is 3. The zero-order valence-corrected chi connectivity index (χ0v) is 17.1. The monoisotopic (exact) mass is 427 g/mol. The molecular formula is C19H24F3N5O3. The number of esters is 1. The standard InChI is InChI=1S/C19H24F3N5O3/c1-27(2)9-5-8-23-18-25-15(19(20,21)22)11-16(26-18)24-13-10-12(17(28)30-4)6-7-14(13)29-3/h6-7,10-11H,5,8-9H2,1-4H3,(H2,23,24,25,26). The molecule has 0 unspecified atom stereocenters. The molecule has 2 aromatic rings. The Bertz CT molecular complexity index is 875. The number of carbonyl (C=O) groups is 1. The van der Waals surface area contributed by atoms with E-state index in [1.807, 2.05) is 19.0 Å². The highest BCUT2D eigenvalue weighted by Gasteiger charge is 2.34. The molecule has 0 aliphatic rings. The molecule has 2 N–H and O–H groups in total. The number of halogens is 3. The lowest BCUT2D eigenvalue weighted by molar-refractivity contribution is -0.141. The summed E-state index contributed by atoms with van der Waals surface area (Å²) in [6.07, 6.45) is -3.96. The first-order valence-electron chi connectivity index (χ1n) is 9.02. The second-order valence-corrected chi connectivity index (χ2v) is 6.58. The van der Waals surface area contributed by atoms with Crippen LogP contribution in [-0.4, -0.2) is 62.2 Å². The second kappa shape index (κ2) is 10.1. The van der Waals surface area contributed by atoms with Crippen LogP contribution < -0.4 is 15.4 Å². The number of anilines is 3. The molecule has 0 aliphatic heterocycles. The van der Waals surface area contributed by atoms with Gasteiger partial charge in [-0.05, 0) is 45.3 Å². The summed E-state index contributed by atoms with van der Waals surface area (Å²) < 4.78 is 49.8. The minimum absolute atomic E-state index is 0.104. The van der Waals surface area contributed by atoms with Crippen molar-refractivity contribution in [2.24, 2.45) is 0 Å². The normalized spacial score (nSPS) is 11.3. The van der Waals surface area contributed by atoms with Crippen LogP contribution in [0.3, 0.4) is 0 Å². The third kappa shape index (κ3) is 6.48. The molecule has 8 nitrogen and oxygen atoms in total. The van der Waals surface area contributed by atoms with E-state index in [9.17, 15) is 18.0 Å². The van der Waals surface area contributed by atoms with E-state index in [0.29, 0.717) is 18.7 Å². The molecule has 0 radical (unpaired) electrons. The van der Waals surface area contributed by atoms with Crippen LogP contribution in [0.2, 0.25) is 0 Å². The minimum Gasteiger partial charge on any atom is -0.495 e. The Morgan fingerprint density at radius 1 is 1.17 bits per heavy atom. The molecule has 0 aliphatic carbocycles. The molecule has 30 heavy (non-hydrogen) atoms. The van der Waals surface area contributed by atoms with E-state index in [4.69, 9.17) is 4.74 Å². The maximum absolute atomic E-state index is 13.3. The molecule has 0 bridgehead atoms. The van der Waals surface area contributed by atoms with Crippen molar-refractivity contribution < 1.29 is 27.4 Å². The Morgan fingerprint density at radius 3 is 2.50 bits per heavy atom. The zero-order chi connectivity index (χ0) is 22.3. The van der Waals surface area contributed by atoms with Gasteiger partial charge in [0.05, 0.1) is 25.5 Å². The highest BCUT2D eigenvalue weighted by atomic mass is 19.4. The Hall–Kier alpha value is -3.08. The van der Waals surface area contributed by atoms with Crippen LogP contribution in [0.1, 0.15) is 22.5 Å². The molecule has 1 heterocycles. The number of aromatic nitrogens is 2. The van der Waals surface area contributed by atoms with Crippen molar-refractivity contribution in [2.75, 3.05) is 52.0 Å². The topological polar surface area (TPSA) is 88.6 Å². The lowest BCUT2D eigenvalue weighted by Crippen LogP contribution is -2.18. The summed E-state index contributed by atoms with van der Waals surface area (Å²) in [5, 5.41) is 5.58. The molecule has 1 aromatic heterocycles. The summed E-state index contributed by atoms with van der Waals surface area (Å²) in [5.41, 5.74) is -0.642. The first kappa shape index (κ1) is 23.2. The SMILES string of the molecule is COC(=O)c1ccc(OC)c(Nc2cc(C(F)(F)F)nc(NCCCN(C)C)n2)c1. The average molecular weight is 427 g/mol. The maximum atomic E-state index is 13.3. The van der Waals surface area contributed by atoms with Gasteiger partial charge in [0.15, 0.2) is 5.69 Å². The largest absolute Gasteiger partial charge is 0.495 e. The number of carbonyl (C=O) groups excluding carboxylic acids is 1. The van der Waals surface area contributed by atoms with Gasteiger partial charge in [0.1, 0.15) is 11.6 Å². The third-order valence-corrected chi connectivity index (χ3v) is 3.97. The van der Waals surface area contributed by atoms with Crippen LogP contribution in [0.15, 0.2) is 24.3 Å². The molecule has 0 amide bonds. The Kier molecular flexibility index (Phi) is 7.81. The highest BCUT2D eigenvalue weighted by molar-refractivity contribution is 5.91. The molecule has 164 valence electrons. The highest BCUT2D eigenvalue weighted by Crippen LogP contribution is 2.33. The number of methoxy groups -OCH3 is 2. The summed E-state index contributed by atoms with van der Waals surface area (Å²) in [5.74, 6) is -0.542. The predicted octanol–water partition coefficient (Wildman–Crippen LogP) is 3.40. The number of ether oxygens (including phenoxy) is 2. The van der Waals surface area contributed by atoms with Crippen molar-refractivity contribution in [3.63, 3.8) is 0 Å². The van der Waals surface area contributed by atoms with Crippen LogP contribution in [0.25, 0.3) is 0 Å². The van der Waals surface area contributed by atoms with E-state index in [1.54, 1.807) is 0 Å². The van der Waals surface area contributed by atoms with Gasteiger partial charge in [-0.25, -0.2) is 9.78 Å². The Balaban J connectivity index is 2.33. The lowest BCUT2D eigenvalue weighted by Gasteiger charge is -2.15. The molecule has 2 rings (SSSR count).